The quantitative estimate of drug-likeness (QED) is 0.0583. The Kier molecular flexibility index (Phi) is 23.9. The summed E-state index contributed by atoms with van der Waals surface area (Å²) >= 11 is 0. The van der Waals surface area contributed by atoms with Gasteiger partial charge in [-0.1, -0.05) is 162 Å². The van der Waals surface area contributed by atoms with Crippen LogP contribution in [-0.4, -0.2) is 56.8 Å². The second kappa shape index (κ2) is 26.3. The van der Waals surface area contributed by atoms with Gasteiger partial charge < -0.3 is 24.3 Å². The summed E-state index contributed by atoms with van der Waals surface area (Å²) in [7, 11) is 0. The molecular weight excluding hydrogens is 596 g/mol. The van der Waals surface area contributed by atoms with Gasteiger partial charge in [-0.15, -0.1) is 0 Å². The lowest BCUT2D eigenvalue weighted by molar-refractivity contribution is -0.319. The zero-order valence-corrected chi connectivity index (χ0v) is 32.8. The smallest absolute Gasteiger partial charge is 0.165 e. The third kappa shape index (κ3) is 20.4. The number of hydrogen-bond donors (Lipinski definition) is 2. The normalized spacial score (nSPS) is 22.2. The standard InChI is InChI=1S/C42H81N2O4/c1-7-9-11-13-15-17-19-20-22-24-26-28-30-32-42(44-38-33-45-37-46-34-38)39(35-47-41(5,6)48-42)43-36-40(3,4)31-29-27-25-23-21-18-16-14-12-10-8-2/h29-30,32,38-39,43-44H,7-28,31,33-37H2,1-6H3. The average molecular weight is 678 g/mol. The van der Waals surface area contributed by atoms with Gasteiger partial charge in [0.05, 0.1) is 31.9 Å². The maximum absolute atomic E-state index is 6.82. The molecular formula is C42H81N2O4. The summed E-state index contributed by atoms with van der Waals surface area (Å²) in [6.07, 6.45) is 38.0. The van der Waals surface area contributed by atoms with Crippen LogP contribution < -0.4 is 10.6 Å². The molecule has 2 saturated heterocycles. The molecule has 1 radical (unpaired) electrons. The van der Waals surface area contributed by atoms with Crippen molar-refractivity contribution in [1.29, 1.82) is 0 Å². The lowest BCUT2D eigenvalue weighted by Gasteiger charge is -2.51. The fraction of sp³-hybridized carbons (Fsp3) is 0.929. The van der Waals surface area contributed by atoms with Crippen molar-refractivity contribution in [3.63, 3.8) is 0 Å². The van der Waals surface area contributed by atoms with E-state index in [1.165, 1.54) is 135 Å². The van der Waals surface area contributed by atoms with Crippen molar-refractivity contribution in [2.45, 2.75) is 213 Å². The van der Waals surface area contributed by atoms with Crippen LogP contribution in [0.15, 0.2) is 12.2 Å². The molecule has 0 aliphatic carbocycles. The predicted molar refractivity (Wildman–Crippen MR) is 204 cm³/mol. The minimum Gasteiger partial charge on any atom is -0.354 e. The van der Waals surface area contributed by atoms with E-state index in [-0.39, 0.29) is 17.5 Å². The van der Waals surface area contributed by atoms with Crippen LogP contribution in [0.2, 0.25) is 0 Å². The zero-order valence-electron chi connectivity index (χ0n) is 32.8. The highest BCUT2D eigenvalue weighted by Crippen LogP contribution is 2.33. The maximum atomic E-state index is 6.82. The Morgan fingerprint density at radius 3 is 1.71 bits per heavy atom. The lowest BCUT2D eigenvalue weighted by Crippen LogP contribution is -2.71. The van der Waals surface area contributed by atoms with Gasteiger partial charge in [0.1, 0.15) is 6.79 Å². The minimum atomic E-state index is -0.704. The summed E-state index contributed by atoms with van der Waals surface area (Å²) < 4.78 is 24.4. The first-order valence-corrected chi connectivity index (χ1v) is 20.7. The molecule has 2 atom stereocenters. The fourth-order valence-electron chi connectivity index (χ4n) is 7.09. The number of hydrogen-bond acceptors (Lipinski definition) is 6. The van der Waals surface area contributed by atoms with Crippen LogP contribution in [0.4, 0.5) is 0 Å². The molecule has 283 valence electrons. The molecule has 2 fully saturated rings. The molecule has 48 heavy (non-hydrogen) atoms. The highest BCUT2D eigenvalue weighted by molar-refractivity contribution is 5.11. The molecule has 2 unspecified atom stereocenters. The first kappa shape index (κ1) is 43.7. The van der Waals surface area contributed by atoms with Crippen molar-refractivity contribution < 1.29 is 18.9 Å². The molecule has 2 heterocycles. The monoisotopic (exact) mass is 678 g/mol. The summed E-state index contributed by atoms with van der Waals surface area (Å²) in [6.45, 7) is 16.5. The van der Waals surface area contributed by atoms with E-state index in [1.54, 1.807) is 0 Å². The van der Waals surface area contributed by atoms with Crippen molar-refractivity contribution in [2.24, 2.45) is 5.41 Å². The third-order valence-corrected chi connectivity index (χ3v) is 10.1. The number of nitrogens with one attached hydrogen (secondary N) is 2. The van der Waals surface area contributed by atoms with Crippen molar-refractivity contribution in [3.8, 4) is 0 Å². The number of unbranched alkanes of at least 4 members (excludes halogenated alkanes) is 21. The summed E-state index contributed by atoms with van der Waals surface area (Å²) in [4.78, 5) is 0. The molecule has 0 spiro atoms. The van der Waals surface area contributed by atoms with Gasteiger partial charge in [-0.3, -0.25) is 5.32 Å². The Labute approximate surface area is 299 Å². The number of ether oxygens (including phenoxy) is 4. The summed E-state index contributed by atoms with van der Waals surface area (Å²) in [6, 6.07) is 0.0267. The predicted octanol–water partition coefficient (Wildman–Crippen LogP) is 11.2. The zero-order chi connectivity index (χ0) is 34.8. The lowest BCUT2D eigenvalue weighted by atomic mass is 9.85. The van der Waals surface area contributed by atoms with Gasteiger partial charge in [0.15, 0.2) is 11.5 Å². The van der Waals surface area contributed by atoms with Crippen LogP contribution in [0.5, 0.6) is 0 Å². The Balaban J connectivity index is 1.83. The van der Waals surface area contributed by atoms with Gasteiger partial charge in [-0.05, 0) is 51.0 Å². The molecule has 2 N–H and O–H groups in total. The molecule has 0 aromatic carbocycles. The van der Waals surface area contributed by atoms with E-state index < -0.39 is 11.5 Å². The van der Waals surface area contributed by atoms with Gasteiger partial charge in [-0.25, -0.2) is 0 Å². The van der Waals surface area contributed by atoms with E-state index in [2.05, 4.69) is 56.9 Å². The molecule has 2 aliphatic rings. The van der Waals surface area contributed by atoms with Crippen molar-refractivity contribution in [2.75, 3.05) is 33.2 Å². The summed E-state index contributed by atoms with van der Waals surface area (Å²) in [5.41, 5.74) is -0.557. The molecule has 0 aromatic heterocycles. The number of rotatable bonds is 30. The van der Waals surface area contributed by atoms with Gasteiger partial charge in [0, 0.05) is 6.54 Å². The van der Waals surface area contributed by atoms with Crippen LogP contribution in [0.3, 0.4) is 0 Å². The van der Waals surface area contributed by atoms with Gasteiger partial charge in [0.25, 0.3) is 0 Å². The van der Waals surface area contributed by atoms with E-state index in [4.69, 9.17) is 18.9 Å². The molecule has 0 amide bonds. The molecule has 2 rings (SSSR count). The molecule has 0 bridgehead atoms. The highest BCUT2D eigenvalue weighted by Gasteiger charge is 2.48. The molecule has 6 heteroatoms. The van der Waals surface area contributed by atoms with Crippen molar-refractivity contribution in [3.05, 3.63) is 18.6 Å². The Morgan fingerprint density at radius 1 is 0.667 bits per heavy atom. The van der Waals surface area contributed by atoms with Gasteiger partial charge in [0.2, 0.25) is 0 Å². The first-order valence-electron chi connectivity index (χ1n) is 20.7. The van der Waals surface area contributed by atoms with Gasteiger partial charge in [-0.2, -0.15) is 0 Å². The van der Waals surface area contributed by atoms with Crippen molar-refractivity contribution >= 4 is 0 Å². The average Bonchev–Trinajstić information content (AvgIpc) is 3.05. The van der Waals surface area contributed by atoms with E-state index >= 15 is 0 Å². The minimum absolute atomic E-state index is 0.0300. The van der Waals surface area contributed by atoms with E-state index in [0.29, 0.717) is 26.6 Å². The van der Waals surface area contributed by atoms with Crippen LogP contribution in [0.25, 0.3) is 0 Å². The second-order valence-electron chi connectivity index (χ2n) is 16.2. The van der Waals surface area contributed by atoms with Crippen LogP contribution >= 0.6 is 0 Å². The fourth-order valence-corrected chi connectivity index (χ4v) is 7.09. The van der Waals surface area contributed by atoms with Crippen LogP contribution in [-0.2, 0) is 18.9 Å². The van der Waals surface area contributed by atoms with Crippen LogP contribution in [0.1, 0.15) is 189 Å². The second-order valence-corrected chi connectivity index (χ2v) is 16.2. The Morgan fingerprint density at radius 2 is 1.17 bits per heavy atom. The molecule has 0 saturated carbocycles. The third-order valence-electron chi connectivity index (χ3n) is 10.1. The summed E-state index contributed by atoms with van der Waals surface area (Å²) in [5.74, 6) is -0.693. The van der Waals surface area contributed by atoms with E-state index in [0.717, 1.165) is 19.4 Å². The number of allylic oxidation sites excluding steroid dienone is 1. The topological polar surface area (TPSA) is 61.0 Å². The van der Waals surface area contributed by atoms with Gasteiger partial charge >= 0.3 is 0 Å². The first-order chi connectivity index (χ1) is 23.2. The molecule has 6 nitrogen and oxygen atoms in total. The van der Waals surface area contributed by atoms with Crippen molar-refractivity contribution in [1.82, 2.24) is 10.6 Å². The van der Waals surface area contributed by atoms with E-state index in [1.807, 2.05) is 13.8 Å². The van der Waals surface area contributed by atoms with E-state index in [9.17, 15) is 0 Å². The maximum Gasteiger partial charge on any atom is 0.165 e. The SMILES string of the molecule is CCCCCCCCCCC[CH]CC(C)(C)CNC1COC(C)(C)OC1(C=CCCCCCCCCCCCCC)NC1COCOC1. The summed E-state index contributed by atoms with van der Waals surface area (Å²) in [5, 5.41) is 7.74. The molecule has 2 aliphatic heterocycles. The largest absolute Gasteiger partial charge is 0.354 e. The Bertz CT molecular complexity index is 782. The highest BCUT2D eigenvalue weighted by atomic mass is 16.7. The Hall–Kier alpha value is -0.500. The van der Waals surface area contributed by atoms with Crippen LogP contribution in [0, 0.1) is 11.8 Å². The molecule has 0 aromatic rings.